The van der Waals surface area contributed by atoms with Crippen LogP contribution in [-0.2, 0) is 6.54 Å². The van der Waals surface area contributed by atoms with Gasteiger partial charge in [-0.1, -0.05) is 28.1 Å². The monoisotopic (exact) mass is 357 g/mol. The van der Waals surface area contributed by atoms with Gasteiger partial charge in [0.25, 0.3) is 5.91 Å². The topological polar surface area (TPSA) is 20.3 Å². The zero-order valence-corrected chi connectivity index (χ0v) is 12.6. The molecule has 0 aliphatic carbocycles. The van der Waals surface area contributed by atoms with Gasteiger partial charge in [-0.05, 0) is 29.8 Å². The standard InChI is InChI=1S/C15H11BrF3NO/c1-20(8-9-3-2-4-11(17)5-9)15(21)14-12(18)6-10(16)7-13(14)19/h2-7H,8H2,1H3. The Balaban J connectivity index is 2.24. The van der Waals surface area contributed by atoms with Gasteiger partial charge in [0.1, 0.15) is 23.0 Å². The molecule has 0 heterocycles. The van der Waals surface area contributed by atoms with Crippen molar-refractivity contribution in [2.24, 2.45) is 0 Å². The van der Waals surface area contributed by atoms with Crippen LogP contribution in [0.3, 0.4) is 0 Å². The van der Waals surface area contributed by atoms with Gasteiger partial charge in [0.2, 0.25) is 0 Å². The van der Waals surface area contributed by atoms with E-state index in [4.69, 9.17) is 0 Å². The Morgan fingerprint density at radius 3 is 2.33 bits per heavy atom. The number of amides is 1. The zero-order valence-electron chi connectivity index (χ0n) is 11.0. The van der Waals surface area contributed by atoms with Gasteiger partial charge >= 0.3 is 0 Å². The average Bonchev–Trinajstić information content (AvgIpc) is 2.37. The number of carbonyl (C=O) groups excluding carboxylic acids is 1. The molecule has 0 spiro atoms. The maximum Gasteiger partial charge on any atom is 0.259 e. The molecule has 0 saturated carbocycles. The lowest BCUT2D eigenvalue weighted by Gasteiger charge is -2.18. The molecule has 21 heavy (non-hydrogen) atoms. The molecule has 0 N–H and O–H groups in total. The van der Waals surface area contributed by atoms with E-state index in [0.717, 1.165) is 17.0 Å². The molecule has 0 aromatic heterocycles. The minimum atomic E-state index is -0.946. The molecule has 0 radical (unpaired) electrons. The van der Waals surface area contributed by atoms with Gasteiger partial charge in [0.05, 0.1) is 0 Å². The number of hydrogen-bond acceptors (Lipinski definition) is 1. The maximum absolute atomic E-state index is 13.7. The second kappa shape index (κ2) is 6.30. The fourth-order valence-corrected chi connectivity index (χ4v) is 2.32. The number of nitrogens with zero attached hydrogens (tertiary/aromatic N) is 1. The van der Waals surface area contributed by atoms with Gasteiger partial charge in [-0.25, -0.2) is 13.2 Å². The van der Waals surface area contributed by atoms with Crippen LogP contribution < -0.4 is 0 Å². The van der Waals surface area contributed by atoms with Gasteiger partial charge < -0.3 is 4.90 Å². The third-order valence-electron chi connectivity index (χ3n) is 2.88. The zero-order chi connectivity index (χ0) is 15.6. The summed E-state index contributed by atoms with van der Waals surface area (Å²) in [5.74, 6) is -3.13. The van der Waals surface area contributed by atoms with E-state index in [-0.39, 0.29) is 11.0 Å². The number of carbonyl (C=O) groups is 1. The predicted octanol–water partition coefficient (Wildman–Crippen LogP) is 4.14. The van der Waals surface area contributed by atoms with Crippen LogP contribution in [0.4, 0.5) is 13.2 Å². The Hall–Kier alpha value is -1.82. The highest BCUT2D eigenvalue weighted by atomic mass is 79.9. The summed E-state index contributed by atoms with van der Waals surface area (Å²) in [6.07, 6.45) is 0. The summed E-state index contributed by atoms with van der Waals surface area (Å²) in [5, 5.41) is 0. The molecule has 110 valence electrons. The highest BCUT2D eigenvalue weighted by Gasteiger charge is 2.21. The number of halogens is 4. The fourth-order valence-electron chi connectivity index (χ4n) is 1.92. The van der Waals surface area contributed by atoms with Gasteiger partial charge in [-0.3, -0.25) is 4.79 Å². The van der Waals surface area contributed by atoms with E-state index in [1.807, 2.05) is 0 Å². The van der Waals surface area contributed by atoms with Gasteiger partial charge in [-0.2, -0.15) is 0 Å². The Labute approximate surface area is 128 Å². The Morgan fingerprint density at radius 2 is 1.76 bits per heavy atom. The van der Waals surface area contributed by atoms with Gasteiger partial charge in [0.15, 0.2) is 0 Å². The summed E-state index contributed by atoms with van der Waals surface area (Å²) >= 11 is 2.95. The third kappa shape index (κ3) is 3.64. The summed E-state index contributed by atoms with van der Waals surface area (Å²) in [7, 11) is 1.40. The highest BCUT2D eigenvalue weighted by Crippen LogP contribution is 2.21. The van der Waals surface area contributed by atoms with Crippen molar-refractivity contribution < 1.29 is 18.0 Å². The number of benzene rings is 2. The molecule has 0 fully saturated rings. The van der Waals surface area contributed by atoms with Crippen molar-refractivity contribution in [3.8, 4) is 0 Å². The molecule has 0 bridgehead atoms. The van der Waals surface area contributed by atoms with Crippen molar-refractivity contribution >= 4 is 21.8 Å². The van der Waals surface area contributed by atoms with Crippen molar-refractivity contribution in [2.45, 2.75) is 6.54 Å². The van der Waals surface area contributed by atoms with Crippen LogP contribution in [0.2, 0.25) is 0 Å². The Morgan fingerprint density at radius 1 is 1.14 bits per heavy atom. The molecule has 2 aromatic rings. The smallest absolute Gasteiger partial charge is 0.259 e. The number of hydrogen-bond donors (Lipinski definition) is 0. The van der Waals surface area contributed by atoms with E-state index in [0.29, 0.717) is 5.56 Å². The summed E-state index contributed by atoms with van der Waals surface area (Å²) in [6.45, 7) is 0.0472. The van der Waals surface area contributed by atoms with Crippen LogP contribution >= 0.6 is 15.9 Å². The minimum absolute atomic E-state index is 0.0472. The Kier molecular flexibility index (Phi) is 4.67. The van der Waals surface area contributed by atoms with Crippen LogP contribution in [-0.4, -0.2) is 17.9 Å². The third-order valence-corrected chi connectivity index (χ3v) is 3.33. The normalized spacial score (nSPS) is 10.5. The maximum atomic E-state index is 13.7. The molecule has 2 nitrogen and oxygen atoms in total. The van der Waals surface area contributed by atoms with Crippen molar-refractivity contribution in [3.05, 3.63) is 69.4 Å². The molecule has 0 aliphatic heterocycles. The lowest BCUT2D eigenvalue weighted by Crippen LogP contribution is -2.28. The first-order chi connectivity index (χ1) is 9.88. The van der Waals surface area contributed by atoms with Crippen LogP contribution in [0.5, 0.6) is 0 Å². The van der Waals surface area contributed by atoms with Gasteiger partial charge in [-0.15, -0.1) is 0 Å². The van der Waals surface area contributed by atoms with E-state index < -0.39 is 28.9 Å². The molecule has 2 rings (SSSR count). The second-order valence-electron chi connectivity index (χ2n) is 4.54. The lowest BCUT2D eigenvalue weighted by molar-refractivity contribution is 0.0775. The van der Waals surface area contributed by atoms with Crippen molar-refractivity contribution in [2.75, 3.05) is 7.05 Å². The molecule has 0 atom stereocenters. The first-order valence-corrected chi connectivity index (χ1v) is 6.82. The fraction of sp³-hybridized carbons (Fsp3) is 0.133. The van der Waals surface area contributed by atoms with Crippen LogP contribution in [0.25, 0.3) is 0 Å². The molecule has 1 amide bonds. The lowest BCUT2D eigenvalue weighted by atomic mass is 10.1. The average molecular weight is 358 g/mol. The Bertz CT molecular complexity index is 667. The SMILES string of the molecule is CN(Cc1cccc(F)c1)C(=O)c1c(F)cc(Br)cc1F. The first-order valence-electron chi connectivity index (χ1n) is 6.03. The highest BCUT2D eigenvalue weighted by molar-refractivity contribution is 9.10. The summed E-state index contributed by atoms with van der Waals surface area (Å²) in [4.78, 5) is 13.3. The molecular weight excluding hydrogens is 347 g/mol. The molecule has 0 saturated heterocycles. The largest absolute Gasteiger partial charge is 0.337 e. The molecular formula is C15H11BrF3NO. The van der Waals surface area contributed by atoms with Crippen molar-refractivity contribution in [1.82, 2.24) is 4.90 Å². The van der Waals surface area contributed by atoms with E-state index in [2.05, 4.69) is 15.9 Å². The minimum Gasteiger partial charge on any atom is -0.337 e. The first kappa shape index (κ1) is 15.6. The molecule has 0 unspecified atom stereocenters. The summed E-state index contributed by atoms with van der Waals surface area (Å²) < 4.78 is 40.8. The van der Waals surface area contributed by atoms with Crippen LogP contribution in [0.15, 0.2) is 40.9 Å². The van der Waals surface area contributed by atoms with Crippen molar-refractivity contribution in [1.29, 1.82) is 0 Å². The predicted molar refractivity (Wildman–Crippen MR) is 76.3 cm³/mol. The van der Waals surface area contributed by atoms with Gasteiger partial charge in [0, 0.05) is 18.1 Å². The van der Waals surface area contributed by atoms with E-state index in [1.54, 1.807) is 6.07 Å². The van der Waals surface area contributed by atoms with Crippen LogP contribution in [0, 0.1) is 17.5 Å². The molecule has 2 aromatic carbocycles. The van der Waals surface area contributed by atoms with E-state index >= 15 is 0 Å². The summed E-state index contributed by atoms with van der Waals surface area (Å²) in [5.41, 5.74) is -0.0964. The van der Waals surface area contributed by atoms with Crippen LogP contribution in [0.1, 0.15) is 15.9 Å². The van der Waals surface area contributed by atoms with E-state index in [9.17, 15) is 18.0 Å². The second-order valence-corrected chi connectivity index (χ2v) is 5.45. The van der Waals surface area contributed by atoms with Crippen molar-refractivity contribution in [3.63, 3.8) is 0 Å². The summed E-state index contributed by atoms with van der Waals surface area (Å²) in [6, 6.07) is 7.71. The van der Waals surface area contributed by atoms with E-state index in [1.165, 1.54) is 25.2 Å². The quantitative estimate of drug-likeness (QED) is 0.808. The molecule has 0 aliphatic rings. The number of rotatable bonds is 3. The molecule has 6 heteroatoms.